The molecule has 0 aliphatic carbocycles. The van der Waals surface area contributed by atoms with Crippen molar-refractivity contribution >= 4 is 18.3 Å². The molecule has 0 aliphatic heterocycles. The molecule has 1 aromatic carbocycles. The summed E-state index contributed by atoms with van der Waals surface area (Å²) >= 11 is 0. The highest BCUT2D eigenvalue weighted by Gasteiger charge is 2.25. The average molecular weight is 309 g/mol. The fourth-order valence-corrected chi connectivity index (χ4v) is 1.30. The Balaban J connectivity index is 0.00000361. The minimum absolute atomic E-state index is 0. The minimum atomic E-state index is -2.84. The van der Waals surface area contributed by atoms with E-state index in [1.165, 1.54) is 12.1 Å². The van der Waals surface area contributed by atoms with Crippen molar-refractivity contribution in [1.29, 1.82) is 0 Å². The Morgan fingerprint density at radius 3 is 2.35 bits per heavy atom. The summed E-state index contributed by atoms with van der Waals surface area (Å²) in [5.41, 5.74) is 5.66. The van der Waals surface area contributed by atoms with Gasteiger partial charge in [-0.25, -0.2) is 0 Å². The third-order valence-electron chi connectivity index (χ3n) is 2.73. The first-order chi connectivity index (χ1) is 8.85. The number of carbonyl (C=O) groups is 1. The molecule has 0 fully saturated rings. The molecule has 0 aromatic heterocycles. The summed E-state index contributed by atoms with van der Waals surface area (Å²) in [4.78, 5) is 11.8. The maximum Gasteiger partial charge on any atom is 0.387 e. The lowest BCUT2D eigenvalue weighted by Gasteiger charge is -2.21. The smallest absolute Gasteiger partial charge is 0.387 e. The number of halogens is 3. The van der Waals surface area contributed by atoms with Gasteiger partial charge in [0.2, 0.25) is 5.91 Å². The molecule has 0 atom stereocenters. The van der Waals surface area contributed by atoms with Gasteiger partial charge in [-0.3, -0.25) is 4.79 Å². The summed E-state index contributed by atoms with van der Waals surface area (Å²) in [6.45, 7) is 1.23. The molecule has 0 spiro atoms. The van der Waals surface area contributed by atoms with Gasteiger partial charge in [0, 0.05) is 13.1 Å². The first-order valence-electron chi connectivity index (χ1n) is 5.87. The van der Waals surface area contributed by atoms with Gasteiger partial charge in [0.1, 0.15) is 5.75 Å². The SMILES string of the molecule is CC(C)(CN)C(=O)NCc1ccc(OC(F)F)cc1.Cl. The molecular weight excluding hydrogens is 290 g/mol. The zero-order valence-electron chi connectivity index (χ0n) is 11.4. The average Bonchev–Trinajstić information content (AvgIpc) is 2.36. The van der Waals surface area contributed by atoms with Crippen molar-refractivity contribution in [2.45, 2.75) is 27.0 Å². The molecule has 0 unspecified atom stereocenters. The molecule has 7 heteroatoms. The van der Waals surface area contributed by atoms with E-state index in [0.717, 1.165) is 5.56 Å². The molecule has 0 heterocycles. The molecule has 20 heavy (non-hydrogen) atoms. The predicted molar refractivity (Wildman–Crippen MR) is 75.0 cm³/mol. The molecule has 1 amide bonds. The Hall–Kier alpha value is -1.40. The number of nitrogens with two attached hydrogens (primary N) is 1. The number of hydrogen-bond donors (Lipinski definition) is 2. The van der Waals surface area contributed by atoms with Crippen LogP contribution >= 0.6 is 12.4 Å². The van der Waals surface area contributed by atoms with Crippen LogP contribution in [0.5, 0.6) is 5.75 Å². The summed E-state index contributed by atoms with van der Waals surface area (Å²) in [5.74, 6) is -0.0599. The Bertz CT molecular complexity index is 425. The fraction of sp³-hybridized carbons (Fsp3) is 0.462. The van der Waals surface area contributed by atoms with E-state index in [-0.39, 0.29) is 30.6 Å². The third kappa shape index (κ3) is 5.71. The van der Waals surface area contributed by atoms with Crippen molar-refractivity contribution in [3.05, 3.63) is 29.8 Å². The van der Waals surface area contributed by atoms with Gasteiger partial charge in [0.05, 0.1) is 5.41 Å². The van der Waals surface area contributed by atoms with Crippen molar-refractivity contribution in [2.24, 2.45) is 11.1 Å². The second-order valence-electron chi connectivity index (χ2n) is 4.79. The van der Waals surface area contributed by atoms with Crippen LogP contribution in [0, 0.1) is 5.41 Å². The van der Waals surface area contributed by atoms with Crippen LogP contribution < -0.4 is 15.8 Å². The molecule has 0 radical (unpaired) electrons. The van der Waals surface area contributed by atoms with E-state index in [1.807, 2.05) is 0 Å². The molecule has 1 aromatic rings. The van der Waals surface area contributed by atoms with Crippen molar-refractivity contribution in [1.82, 2.24) is 5.32 Å². The van der Waals surface area contributed by atoms with Crippen LogP contribution in [0.25, 0.3) is 0 Å². The van der Waals surface area contributed by atoms with Gasteiger partial charge in [0.15, 0.2) is 0 Å². The normalized spacial score (nSPS) is 10.9. The molecule has 0 bridgehead atoms. The number of alkyl halides is 2. The van der Waals surface area contributed by atoms with Crippen LogP contribution in [0.15, 0.2) is 24.3 Å². The second kappa shape index (κ2) is 8.01. The zero-order chi connectivity index (χ0) is 14.5. The first kappa shape index (κ1) is 18.6. The summed E-state index contributed by atoms with van der Waals surface area (Å²) in [6, 6.07) is 6.10. The highest BCUT2D eigenvalue weighted by Crippen LogP contribution is 2.16. The summed E-state index contributed by atoms with van der Waals surface area (Å²) in [7, 11) is 0. The maximum atomic E-state index is 12.0. The van der Waals surface area contributed by atoms with E-state index >= 15 is 0 Å². The highest BCUT2D eigenvalue weighted by molar-refractivity contribution is 5.85. The van der Waals surface area contributed by atoms with Crippen molar-refractivity contribution in [2.75, 3.05) is 6.54 Å². The number of nitrogens with one attached hydrogen (secondary N) is 1. The maximum absolute atomic E-state index is 12.0. The Morgan fingerprint density at radius 1 is 1.35 bits per heavy atom. The third-order valence-corrected chi connectivity index (χ3v) is 2.73. The Kier molecular flexibility index (Phi) is 7.45. The molecule has 0 saturated heterocycles. The van der Waals surface area contributed by atoms with E-state index in [1.54, 1.807) is 26.0 Å². The number of benzene rings is 1. The van der Waals surface area contributed by atoms with Gasteiger partial charge in [0.25, 0.3) is 0 Å². The predicted octanol–water partition coefficient (Wildman–Crippen LogP) is 2.31. The summed E-state index contributed by atoms with van der Waals surface area (Å²) < 4.78 is 28.1. The van der Waals surface area contributed by atoms with Crippen molar-refractivity contribution in [3.8, 4) is 5.75 Å². The monoisotopic (exact) mass is 308 g/mol. The number of hydrogen-bond acceptors (Lipinski definition) is 3. The molecule has 1 rings (SSSR count). The lowest BCUT2D eigenvalue weighted by atomic mass is 9.92. The van der Waals surface area contributed by atoms with Crippen LogP contribution in [0.4, 0.5) is 8.78 Å². The van der Waals surface area contributed by atoms with E-state index in [9.17, 15) is 13.6 Å². The van der Waals surface area contributed by atoms with Crippen LogP contribution in [-0.2, 0) is 11.3 Å². The second-order valence-corrected chi connectivity index (χ2v) is 4.79. The van der Waals surface area contributed by atoms with Gasteiger partial charge in [-0.2, -0.15) is 8.78 Å². The first-order valence-corrected chi connectivity index (χ1v) is 5.87. The largest absolute Gasteiger partial charge is 0.435 e. The highest BCUT2D eigenvalue weighted by atomic mass is 35.5. The van der Waals surface area contributed by atoms with Crippen LogP contribution in [0.1, 0.15) is 19.4 Å². The van der Waals surface area contributed by atoms with E-state index in [0.29, 0.717) is 6.54 Å². The lowest BCUT2D eigenvalue weighted by molar-refractivity contribution is -0.129. The van der Waals surface area contributed by atoms with Crippen molar-refractivity contribution in [3.63, 3.8) is 0 Å². The standard InChI is InChI=1S/C13H18F2N2O2.ClH/c1-13(2,8-16)11(18)17-7-9-3-5-10(6-4-9)19-12(14)15;/h3-6,12H,7-8,16H2,1-2H3,(H,17,18);1H. The molecule has 3 N–H and O–H groups in total. The number of amides is 1. The van der Waals surface area contributed by atoms with Gasteiger partial charge in [-0.05, 0) is 31.5 Å². The van der Waals surface area contributed by atoms with Crippen LogP contribution in [-0.4, -0.2) is 19.1 Å². The molecular formula is C13H19ClF2N2O2. The quantitative estimate of drug-likeness (QED) is 0.847. The van der Waals surface area contributed by atoms with E-state index in [4.69, 9.17) is 5.73 Å². The van der Waals surface area contributed by atoms with E-state index in [2.05, 4.69) is 10.1 Å². The summed E-state index contributed by atoms with van der Waals surface area (Å²) in [5, 5.41) is 2.74. The van der Waals surface area contributed by atoms with E-state index < -0.39 is 12.0 Å². The molecule has 0 aliphatic rings. The van der Waals surface area contributed by atoms with Crippen LogP contribution in [0.3, 0.4) is 0 Å². The Labute approximate surface area is 123 Å². The minimum Gasteiger partial charge on any atom is -0.435 e. The molecule has 0 saturated carbocycles. The topological polar surface area (TPSA) is 64.4 Å². The van der Waals surface area contributed by atoms with Crippen LogP contribution in [0.2, 0.25) is 0 Å². The van der Waals surface area contributed by atoms with Crippen molar-refractivity contribution < 1.29 is 18.3 Å². The zero-order valence-corrected chi connectivity index (χ0v) is 12.2. The van der Waals surface area contributed by atoms with Gasteiger partial charge in [-0.15, -0.1) is 12.4 Å². The molecule has 4 nitrogen and oxygen atoms in total. The van der Waals surface area contributed by atoms with Gasteiger partial charge in [-0.1, -0.05) is 12.1 Å². The number of ether oxygens (including phenoxy) is 1. The molecule has 114 valence electrons. The Morgan fingerprint density at radius 2 is 1.90 bits per heavy atom. The summed E-state index contributed by atoms with van der Waals surface area (Å²) in [6.07, 6.45) is 0. The number of carbonyl (C=O) groups excluding carboxylic acids is 1. The van der Waals surface area contributed by atoms with Gasteiger partial charge < -0.3 is 15.8 Å². The lowest BCUT2D eigenvalue weighted by Crippen LogP contribution is -2.41. The number of rotatable bonds is 6. The fourth-order valence-electron chi connectivity index (χ4n) is 1.30. The van der Waals surface area contributed by atoms with Gasteiger partial charge >= 0.3 is 6.61 Å².